The molecular formula is C13H19ClN4O2. The van der Waals surface area contributed by atoms with E-state index in [0.717, 1.165) is 26.1 Å². The van der Waals surface area contributed by atoms with Gasteiger partial charge < -0.3 is 15.5 Å². The van der Waals surface area contributed by atoms with Crippen LogP contribution in [-0.4, -0.2) is 30.6 Å². The number of hydrogen-bond donors (Lipinski definition) is 3. The number of halogens is 1. The zero-order chi connectivity index (χ0) is 14.6. The number of ether oxygens (including phenoxy) is 1. The van der Waals surface area contributed by atoms with E-state index in [1.807, 2.05) is 0 Å². The van der Waals surface area contributed by atoms with Crippen molar-refractivity contribution in [1.82, 2.24) is 10.3 Å². The van der Waals surface area contributed by atoms with Crippen molar-refractivity contribution in [2.75, 3.05) is 25.2 Å². The maximum absolute atomic E-state index is 12.1. The number of nitrogens with one attached hydrogen (secondary N) is 2. The molecule has 4 N–H and O–H groups in total. The lowest BCUT2D eigenvalue weighted by Gasteiger charge is -2.33. The summed E-state index contributed by atoms with van der Waals surface area (Å²) in [6.07, 6.45) is 3.34. The van der Waals surface area contributed by atoms with Gasteiger partial charge in [0.2, 0.25) is 0 Å². The van der Waals surface area contributed by atoms with E-state index >= 15 is 0 Å². The minimum absolute atomic E-state index is 0.0872. The van der Waals surface area contributed by atoms with E-state index in [2.05, 4.69) is 22.7 Å². The molecule has 1 fully saturated rings. The Labute approximate surface area is 123 Å². The molecule has 1 amide bonds. The molecule has 110 valence electrons. The van der Waals surface area contributed by atoms with Gasteiger partial charge in [-0.15, -0.1) is 0 Å². The summed E-state index contributed by atoms with van der Waals surface area (Å²) in [4.78, 5) is 16.1. The lowest BCUT2D eigenvalue weighted by atomic mass is 9.82. The molecule has 0 radical (unpaired) electrons. The summed E-state index contributed by atoms with van der Waals surface area (Å²) in [5, 5.41) is 3.25. The summed E-state index contributed by atoms with van der Waals surface area (Å²) in [7, 11) is 0. The van der Waals surface area contributed by atoms with E-state index in [0.29, 0.717) is 22.9 Å². The fraction of sp³-hybridized carbons (Fsp3) is 0.538. The van der Waals surface area contributed by atoms with Crippen molar-refractivity contribution < 1.29 is 9.53 Å². The maximum atomic E-state index is 12.1. The molecule has 6 nitrogen and oxygen atoms in total. The first-order valence-electron chi connectivity index (χ1n) is 6.52. The molecule has 2 rings (SSSR count). The van der Waals surface area contributed by atoms with Crippen molar-refractivity contribution >= 4 is 23.3 Å². The molecule has 0 aromatic carbocycles. The highest BCUT2D eigenvalue weighted by Gasteiger charge is 2.27. The average molecular weight is 299 g/mol. The van der Waals surface area contributed by atoms with E-state index in [9.17, 15) is 4.79 Å². The van der Waals surface area contributed by atoms with Gasteiger partial charge in [-0.25, -0.2) is 10.8 Å². The van der Waals surface area contributed by atoms with E-state index < -0.39 is 0 Å². The van der Waals surface area contributed by atoms with E-state index in [1.54, 1.807) is 6.07 Å². The van der Waals surface area contributed by atoms with Crippen LogP contribution in [0.1, 0.15) is 30.1 Å². The Morgan fingerprint density at radius 2 is 2.25 bits per heavy atom. The molecule has 1 aromatic rings. The lowest BCUT2D eigenvalue weighted by molar-refractivity contribution is 0.0238. The van der Waals surface area contributed by atoms with Crippen molar-refractivity contribution in [1.29, 1.82) is 0 Å². The highest BCUT2D eigenvalue weighted by molar-refractivity contribution is 6.33. The van der Waals surface area contributed by atoms with Crippen molar-refractivity contribution in [3.8, 4) is 0 Å². The van der Waals surface area contributed by atoms with Crippen LogP contribution in [-0.2, 0) is 4.74 Å². The van der Waals surface area contributed by atoms with Crippen molar-refractivity contribution in [2.45, 2.75) is 19.8 Å². The van der Waals surface area contributed by atoms with E-state index in [1.165, 1.54) is 6.20 Å². The summed E-state index contributed by atoms with van der Waals surface area (Å²) in [5.74, 6) is 5.40. The predicted octanol–water partition coefficient (Wildman–Crippen LogP) is 1.57. The third kappa shape index (κ3) is 3.59. The Morgan fingerprint density at radius 1 is 1.55 bits per heavy atom. The first kappa shape index (κ1) is 15.0. The summed E-state index contributed by atoms with van der Waals surface area (Å²) < 4.78 is 5.34. The summed E-state index contributed by atoms with van der Waals surface area (Å²) in [6, 6.07) is 1.55. The highest BCUT2D eigenvalue weighted by atomic mass is 35.5. The van der Waals surface area contributed by atoms with Crippen LogP contribution in [0.4, 0.5) is 5.82 Å². The van der Waals surface area contributed by atoms with Gasteiger partial charge in [-0.1, -0.05) is 18.5 Å². The Morgan fingerprint density at radius 3 is 2.85 bits per heavy atom. The second-order valence-corrected chi connectivity index (χ2v) is 5.71. The van der Waals surface area contributed by atoms with Gasteiger partial charge in [-0.05, 0) is 24.3 Å². The number of nitrogens with zero attached hydrogens (tertiary/aromatic N) is 1. The van der Waals surface area contributed by atoms with Gasteiger partial charge in [0.05, 0.1) is 10.6 Å². The number of nitrogen functional groups attached to an aromatic ring is 1. The zero-order valence-corrected chi connectivity index (χ0v) is 12.2. The van der Waals surface area contributed by atoms with Gasteiger partial charge in [-0.2, -0.15) is 0 Å². The van der Waals surface area contributed by atoms with Crippen LogP contribution in [0.2, 0.25) is 5.02 Å². The number of pyridine rings is 1. The van der Waals surface area contributed by atoms with Crippen molar-refractivity contribution in [2.24, 2.45) is 11.3 Å². The van der Waals surface area contributed by atoms with Gasteiger partial charge >= 0.3 is 0 Å². The number of carbonyl (C=O) groups is 1. The maximum Gasteiger partial charge on any atom is 0.252 e. The third-order valence-corrected chi connectivity index (χ3v) is 3.90. The van der Waals surface area contributed by atoms with Crippen molar-refractivity contribution in [3.63, 3.8) is 0 Å². The SMILES string of the molecule is CC1(CNC(=O)c2cnc(NN)c(Cl)c2)CCOCC1. The first-order valence-corrected chi connectivity index (χ1v) is 6.90. The van der Waals surface area contributed by atoms with E-state index in [4.69, 9.17) is 22.2 Å². The number of amides is 1. The predicted molar refractivity (Wildman–Crippen MR) is 77.6 cm³/mol. The summed E-state index contributed by atoms with van der Waals surface area (Å²) in [6.45, 7) is 4.26. The molecule has 7 heteroatoms. The molecule has 1 aliphatic rings. The smallest absolute Gasteiger partial charge is 0.252 e. The molecule has 0 aliphatic carbocycles. The van der Waals surface area contributed by atoms with Crippen LogP contribution in [0.5, 0.6) is 0 Å². The van der Waals surface area contributed by atoms with Crippen LogP contribution in [0.3, 0.4) is 0 Å². The standard InChI is InChI=1S/C13H19ClN4O2/c1-13(2-4-20-5-3-13)8-17-12(19)9-6-10(14)11(18-15)16-7-9/h6-7H,2-5,8,15H2,1H3,(H,16,18)(H,17,19). The van der Waals surface area contributed by atoms with Gasteiger partial charge in [0.1, 0.15) is 0 Å². The van der Waals surface area contributed by atoms with Crippen LogP contribution < -0.4 is 16.6 Å². The molecule has 0 atom stereocenters. The zero-order valence-electron chi connectivity index (χ0n) is 11.4. The minimum atomic E-state index is -0.185. The Hall–Kier alpha value is -1.37. The number of carbonyl (C=O) groups excluding carboxylic acids is 1. The number of hydrazine groups is 1. The van der Waals surface area contributed by atoms with Gasteiger partial charge in [0.25, 0.3) is 5.91 Å². The van der Waals surface area contributed by atoms with Gasteiger partial charge in [-0.3, -0.25) is 4.79 Å². The lowest BCUT2D eigenvalue weighted by Crippen LogP contribution is -2.39. The van der Waals surface area contributed by atoms with Crippen molar-refractivity contribution in [3.05, 3.63) is 22.8 Å². The minimum Gasteiger partial charge on any atom is -0.381 e. The second-order valence-electron chi connectivity index (χ2n) is 5.30. The normalized spacial score (nSPS) is 17.6. The molecule has 0 unspecified atom stereocenters. The fourth-order valence-corrected chi connectivity index (χ4v) is 2.33. The molecule has 1 saturated heterocycles. The molecule has 20 heavy (non-hydrogen) atoms. The molecule has 1 aliphatic heterocycles. The second kappa shape index (κ2) is 6.39. The molecular weight excluding hydrogens is 280 g/mol. The third-order valence-electron chi connectivity index (χ3n) is 3.62. The van der Waals surface area contributed by atoms with Crippen LogP contribution in [0.15, 0.2) is 12.3 Å². The van der Waals surface area contributed by atoms with Gasteiger partial charge in [0.15, 0.2) is 5.82 Å². The highest BCUT2D eigenvalue weighted by Crippen LogP contribution is 2.28. The van der Waals surface area contributed by atoms with Crippen LogP contribution in [0.25, 0.3) is 0 Å². The molecule has 1 aromatic heterocycles. The number of rotatable bonds is 4. The number of aromatic nitrogens is 1. The Kier molecular flexibility index (Phi) is 4.80. The molecule has 2 heterocycles. The van der Waals surface area contributed by atoms with Crippen LogP contribution in [0, 0.1) is 5.41 Å². The monoisotopic (exact) mass is 298 g/mol. The molecule has 0 bridgehead atoms. The number of nitrogens with two attached hydrogens (primary N) is 1. The van der Waals surface area contributed by atoms with Gasteiger partial charge in [0, 0.05) is 26.0 Å². The average Bonchev–Trinajstić information content (AvgIpc) is 2.45. The largest absolute Gasteiger partial charge is 0.381 e. The fourth-order valence-electron chi connectivity index (χ4n) is 2.11. The Balaban J connectivity index is 1.96. The van der Waals surface area contributed by atoms with E-state index in [-0.39, 0.29) is 11.3 Å². The molecule has 0 spiro atoms. The Bertz CT molecular complexity index is 489. The first-order chi connectivity index (χ1) is 9.54. The quantitative estimate of drug-likeness (QED) is 0.580. The topological polar surface area (TPSA) is 89.3 Å². The number of anilines is 1. The summed E-state index contributed by atoms with van der Waals surface area (Å²) >= 11 is 5.95. The van der Waals surface area contributed by atoms with Crippen LogP contribution >= 0.6 is 11.6 Å². The summed E-state index contributed by atoms with van der Waals surface area (Å²) in [5.41, 5.74) is 2.87. The molecule has 0 saturated carbocycles. The number of hydrogen-bond acceptors (Lipinski definition) is 5.